The quantitative estimate of drug-likeness (QED) is 0.890. The summed E-state index contributed by atoms with van der Waals surface area (Å²) in [6, 6.07) is 12.3. The summed E-state index contributed by atoms with van der Waals surface area (Å²) < 4.78 is 0.968. The van der Waals surface area contributed by atoms with Crippen LogP contribution < -0.4 is 4.90 Å². The molecule has 2 N–H and O–H groups in total. The highest BCUT2D eigenvalue weighted by Crippen LogP contribution is 2.25. The number of rotatable bonds is 3. The van der Waals surface area contributed by atoms with Gasteiger partial charge in [0.2, 0.25) is 0 Å². The summed E-state index contributed by atoms with van der Waals surface area (Å²) >= 11 is 3.54. The molecule has 0 bridgehead atoms. The summed E-state index contributed by atoms with van der Waals surface area (Å²) in [6.45, 7) is 0.834. The summed E-state index contributed by atoms with van der Waals surface area (Å²) in [6.07, 6.45) is 1.20. The van der Waals surface area contributed by atoms with Crippen molar-refractivity contribution >= 4 is 21.7 Å². The molecule has 0 unspecified atom stereocenters. The van der Waals surface area contributed by atoms with Crippen molar-refractivity contribution in [3.63, 3.8) is 0 Å². The fourth-order valence-electron chi connectivity index (χ4n) is 2.55. The summed E-state index contributed by atoms with van der Waals surface area (Å²) in [7, 11) is 0. The molecule has 110 valence electrons. The Hall–Kier alpha value is -1.43. The molecule has 4 nitrogen and oxygen atoms in total. The van der Waals surface area contributed by atoms with Gasteiger partial charge in [0.25, 0.3) is 0 Å². The third-order valence-electron chi connectivity index (χ3n) is 3.74. The topological polar surface area (TPSA) is 56.6 Å². The lowest BCUT2D eigenvalue weighted by molar-refractivity contribution is 0.0572. The van der Waals surface area contributed by atoms with Gasteiger partial charge in [-0.05, 0) is 39.5 Å². The first kappa shape index (κ1) is 14.5. The number of pyridine rings is 1. The predicted molar refractivity (Wildman–Crippen MR) is 85.4 cm³/mol. The molecule has 5 heteroatoms. The number of aromatic nitrogens is 1. The first-order chi connectivity index (χ1) is 10.1. The number of anilines is 1. The van der Waals surface area contributed by atoms with Crippen LogP contribution in [0.25, 0.3) is 0 Å². The van der Waals surface area contributed by atoms with Crippen molar-refractivity contribution in [3.05, 3.63) is 58.2 Å². The molecule has 2 aromatic rings. The minimum absolute atomic E-state index is 0.417. The van der Waals surface area contributed by atoms with Gasteiger partial charge in [0.05, 0.1) is 12.2 Å². The van der Waals surface area contributed by atoms with Crippen LogP contribution >= 0.6 is 15.9 Å². The largest absolute Gasteiger partial charge is 0.389 e. The fraction of sp³-hybridized carbons (Fsp3) is 0.312. The van der Waals surface area contributed by atoms with Gasteiger partial charge in [-0.2, -0.15) is 0 Å². The van der Waals surface area contributed by atoms with E-state index < -0.39 is 12.2 Å². The molecule has 2 heterocycles. The maximum absolute atomic E-state index is 9.66. The number of aliphatic hydroxyl groups is 2. The lowest BCUT2D eigenvalue weighted by atomic mass is 10.1. The Labute approximate surface area is 132 Å². The number of β-amino-alcohol motifs (C(OH)–C–C–N with tert-alkyl or cyclic N) is 2. The Balaban J connectivity index is 1.83. The smallest absolute Gasteiger partial charge is 0.129 e. The molecule has 1 aliphatic heterocycles. The molecule has 1 aromatic carbocycles. The third kappa shape index (κ3) is 3.26. The fourth-order valence-corrected chi connectivity index (χ4v) is 2.91. The Morgan fingerprint density at radius 3 is 2.48 bits per heavy atom. The molecule has 0 radical (unpaired) electrons. The standard InChI is InChI=1S/C16H17BrN2O2/c17-13-8-18-16(19-9-14(20)15(21)10-19)7-12(13)6-11-4-2-1-3-5-11/h1-5,7-8,14-15,20-21H,6,9-10H2/t14-,15-/m1/s1. The van der Waals surface area contributed by atoms with Gasteiger partial charge in [-0.25, -0.2) is 4.98 Å². The maximum atomic E-state index is 9.66. The summed E-state index contributed by atoms with van der Waals surface area (Å²) in [4.78, 5) is 6.30. The monoisotopic (exact) mass is 348 g/mol. The van der Waals surface area contributed by atoms with Crippen molar-refractivity contribution in [2.75, 3.05) is 18.0 Å². The number of aliphatic hydroxyl groups excluding tert-OH is 2. The van der Waals surface area contributed by atoms with Gasteiger partial charge in [0.1, 0.15) is 5.82 Å². The molecule has 0 saturated carbocycles. The highest BCUT2D eigenvalue weighted by molar-refractivity contribution is 9.10. The maximum Gasteiger partial charge on any atom is 0.129 e. The van der Waals surface area contributed by atoms with Crippen LogP contribution in [0.4, 0.5) is 5.82 Å². The zero-order chi connectivity index (χ0) is 14.8. The molecular weight excluding hydrogens is 332 g/mol. The van der Waals surface area contributed by atoms with Crippen LogP contribution in [0.2, 0.25) is 0 Å². The second-order valence-electron chi connectivity index (χ2n) is 5.34. The Morgan fingerprint density at radius 1 is 1.14 bits per heavy atom. The van der Waals surface area contributed by atoms with Gasteiger partial charge in [0, 0.05) is 23.8 Å². The lowest BCUT2D eigenvalue weighted by Crippen LogP contribution is -2.22. The second-order valence-corrected chi connectivity index (χ2v) is 6.19. The van der Waals surface area contributed by atoms with Gasteiger partial charge in [-0.15, -0.1) is 0 Å². The van der Waals surface area contributed by atoms with Crippen molar-refractivity contribution in [3.8, 4) is 0 Å². The van der Waals surface area contributed by atoms with Crippen LogP contribution in [0.15, 0.2) is 47.1 Å². The zero-order valence-electron chi connectivity index (χ0n) is 11.5. The third-order valence-corrected chi connectivity index (χ3v) is 4.45. The van der Waals surface area contributed by atoms with E-state index in [4.69, 9.17) is 0 Å². The van der Waals surface area contributed by atoms with Gasteiger partial charge >= 0.3 is 0 Å². The molecule has 21 heavy (non-hydrogen) atoms. The molecule has 0 amide bonds. The van der Waals surface area contributed by atoms with Crippen molar-refractivity contribution in [2.45, 2.75) is 18.6 Å². The lowest BCUT2D eigenvalue weighted by Gasteiger charge is -2.18. The van der Waals surface area contributed by atoms with Gasteiger partial charge in [-0.3, -0.25) is 0 Å². The van der Waals surface area contributed by atoms with E-state index in [1.165, 1.54) is 5.56 Å². The van der Waals surface area contributed by atoms with E-state index in [9.17, 15) is 10.2 Å². The number of nitrogens with zero attached hydrogens (tertiary/aromatic N) is 2. The molecule has 0 aliphatic carbocycles. The van der Waals surface area contributed by atoms with E-state index in [1.54, 1.807) is 6.20 Å². The summed E-state index contributed by atoms with van der Waals surface area (Å²) in [5.41, 5.74) is 2.37. The van der Waals surface area contributed by atoms with Crippen LogP contribution in [0.3, 0.4) is 0 Å². The van der Waals surface area contributed by atoms with E-state index in [0.29, 0.717) is 13.1 Å². The molecule has 2 atom stereocenters. The normalized spacial score (nSPS) is 21.8. The molecule has 1 fully saturated rings. The first-order valence-corrected chi connectivity index (χ1v) is 7.72. The van der Waals surface area contributed by atoms with Crippen LogP contribution in [0.1, 0.15) is 11.1 Å². The average Bonchev–Trinajstić information content (AvgIpc) is 2.82. The van der Waals surface area contributed by atoms with E-state index in [-0.39, 0.29) is 0 Å². The minimum atomic E-state index is -0.701. The molecule has 1 saturated heterocycles. The number of halogens is 1. The van der Waals surface area contributed by atoms with Crippen LogP contribution in [0.5, 0.6) is 0 Å². The Morgan fingerprint density at radius 2 is 1.81 bits per heavy atom. The van der Waals surface area contributed by atoms with Crippen molar-refractivity contribution in [2.24, 2.45) is 0 Å². The second kappa shape index (κ2) is 6.13. The molecule has 1 aromatic heterocycles. The van der Waals surface area contributed by atoms with Crippen molar-refractivity contribution in [1.29, 1.82) is 0 Å². The van der Waals surface area contributed by atoms with Crippen LogP contribution in [0, 0.1) is 0 Å². The van der Waals surface area contributed by atoms with Gasteiger partial charge in [0.15, 0.2) is 0 Å². The van der Waals surface area contributed by atoms with E-state index >= 15 is 0 Å². The molecule has 3 rings (SSSR count). The summed E-state index contributed by atoms with van der Waals surface area (Å²) in [5, 5.41) is 19.3. The van der Waals surface area contributed by atoms with Gasteiger partial charge in [-0.1, -0.05) is 30.3 Å². The highest BCUT2D eigenvalue weighted by Gasteiger charge is 2.30. The van der Waals surface area contributed by atoms with Crippen molar-refractivity contribution in [1.82, 2.24) is 4.98 Å². The zero-order valence-corrected chi connectivity index (χ0v) is 13.1. The number of hydrogen-bond donors (Lipinski definition) is 2. The Kier molecular flexibility index (Phi) is 4.24. The number of hydrogen-bond acceptors (Lipinski definition) is 4. The predicted octanol–water partition coefficient (Wildman–Crippen LogP) is 1.98. The number of benzene rings is 1. The summed E-state index contributed by atoms with van der Waals surface area (Å²) in [5.74, 6) is 0.791. The molecule has 0 spiro atoms. The van der Waals surface area contributed by atoms with E-state index in [2.05, 4.69) is 33.0 Å². The minimum Gasteiger partial charge on any atom is -0.389 e. The first-order valence-electron chi connectivity index (χ1n) is 6.93. The average molecular weight is 349 g/mol. The molecule has 1 aliphatic rings. The van der Waals surface area contributed by atoms with E-state index in [0.717, 1.165) is 22.3 Å². The van der Waals surface area contributed by atoms with Gasteiger partial charge < -0.3 is 15.1 Å². The van der Waals surface area contributed by atoms with Crippen molar-refractivity contribution < 1.29 is 10.2 Å². The Bertz CT molecular complexity index is 611. The SMILES string of the molecule is O[C@@H]1CN(c2cc(Cc3ccccc3)c(Br)cn2)C[C@H]1O. The van der Waals surface area contributed by atoms with Crippen LogP contribution in [-0.2, 0) is 6.42 Å². The van der Waals surface area contributed by atoms with Crippen LogP contribution in [-0.4, -0.2) is 40.5 Å². The van der Waals surface area contributed by atoms with E-state index in [1.807, 2.05) is 29.2 Å². The highest BCUT2D eigenvalue weighted by atomic mass is 79.9. The molecular formula is C16H17BrN2O2.